The van der Waals surface area contributed by atoms with Gasteiger partial charge in [-0.3, -0.25) is 0 Å². The number of hydrogen-bond acceptors (Lipinski definition) is 3. The molecule has 2 N–H and O–H groups in total. The van der Waals surface area contributed by atoms with Crippen LogP contribution in [0.2, 0.25) is 0 Å². The first kappa shape index (κ1) is 16.1. The number of ether oxygens (including phenoxy) is 2. The summed E-state index contributed by atoms with van der Waals surface area (Å²) in [6, 6.07) is 2.96. The Labute approximate surface area is 128 Å². The third kappa shape index (κ3) is 3.69. The fourth-order valence-electron chi connectivity index (χ4n) is 2.23. The van der Waals surface area contributed by atoms with Gasteiger partial charge in [-0.15, -0.1) is 0 Å². The topological polar surface area (TPSA) is 63.3 Å². The van der Waals surface area contributed by atoms with Gasteiger partial charge < -0.3 is 19.8 Å². The minimum absolute atomic E-state index is 0.331. The van der Waals surface area contributed by atoms with Crippen LogP contribution in [0.5, 0.6) is 5.75 Å². The number of amides is 1. The second kappa shape index (κ2) is 6.25. The summed E-state index contributed by atoms with van der Waals surface area (Å²) < 4.78 is 24.2. The normalized spacial score (nSPS) is 11.5. The molecule has 22 heavy (non-hydrogen) atoms. The Kier molecular flexibility index (Phi) is 4.59. The molecule has 1 heterocycles. The number of aromatic amines is 1. The van der Waals surface area contributed by atoms with Crippen molar-refractivity contribution in [3.05, 3.63) is 29.7 Å². The Balaban J connectivity index is 2.07. The molecule has 0 aliphatic rings. The fraction of sp³-hybridized carbons (Fsp3) is 0.438. The predicted octanol–water partition coefficient (Wildman–Crippen LogP) is 3.38. The van der Waals surface area contributed by atoms with Gasteiger partial charge in [0, 0.05) is 18.1 Å². The van der Waals surface area contributed by atoms with Gasteiger partial charge in [-0.2, -0.15) is 0 Å². The molecule has 0 spiro atoms. The van der Waals surface area contributed by atoms with Gasteiger partial charge >= 0.3 is 6.09 Å². The zero-order valence-electron chi connectivity index (χ0n) is 13.2. The van der Waals surface area contributed by atoms with Crippen molar-refractivity contribution in [2.45, 2.75) is 32.8 Å². The molecule has 2 rings (SSSR count). The lowest BCUT2D eigenvalue weighted by Gasteiger charge is -2.19. The van der Waals surface area contributed by atoms with Crippen molar-refractivity contribution in [2.24, 2.45) is 0 Å². The van der Waals surface area contributed by atoms with E-state index in [4.69, 9.17) is 9.47 Å². The van der Waals surface area contributed by atoms with Crippen LogP contribution in [-0.4, -0.2) is 30.3 Å². The van der Waals surface area contributed by atoms with Gasteiger partial charge in [-0.1, -0.05) is 0 Å². The minimum atomic E-state index is -0.531. The van der Waals surface area contributed by atoms with Gasteiger partial charge in [-0.05, 0) is 44.9 Å². The van der Waals surface area contributed by atoms with E-state index in [1.807, 2.05) is 0 Å². The molecule has 1 aromatic carbocycles. The molecule has 0 bridgehead atoms. The summed E-state index contributed by atoms with van der Waals surface area (Å²) in [5.41, 5.74) is 0.756. The first-order valence-electron chi connectivity index (χ1n) is 7.11. The average Bonchev–Trinajstić information content (AvgIpc) is 2.82. The molecule has 0 fully saturated rings. The summed E-state index contributed by atoms with van der Waals surface area (Å²) in [6.45, 7) is 5.81. The number of carbonyl (C=O) groups is 1. The van der Waals surface area contributed by atoms with Gasteiger partial charge in [0.25, 0.3) is 0 Å². The number of aromatic nitrogens is 1. The molecule has 0 atom stereocenters. The average molecular weight is 308 g/mol. The molecule has 5 nitrogen and oxygen atoms in total. The van der Waals surface area contributed by atoms with E-state index in [2.05, 4.69) is 10.3 Å². The largest absolute Gasteiger partial charge is 0.496 e. The lowest BCUT2D eigenvalue weighted by Crippen LogP contribution is -2.33. The van der Waals surface area contributed by atoms with Gasteiger partial charge in [-0.25, -0.2) is 9.18 Å². The highest BCUT2D eigenvalue weighted by Gasteiger charge is 2.16. The molecular weight excluding hydrogens is 287 g/mol. The van der Waals surface area contributed by atoms with E-state index < -0.39 is 11.7 Å². The van der Waals surface area contributed by atoms with Gasteiger partial charge in [0.2, 0.25) is 0 Å². The molecule has 1 amide bonds. The number of methoxy groups -OCH3 is 1. The lowest BCUT2D eigenvalue weighted by molar-refractivity contribution is 0.0528. The van der Waals surface area contributed by atoms with Gasteiger partial charge in [0.1, 0.15) is 17.2 Å². The molecule has 0 aliphatic heterocycles. The summed E-state index contributed by atoms with van der Waals surface area (Å²) in [5.74, 6) is 0.270. The first-order valence-corrected chi connectivity index (χ1v) is 7.11. The van der Waals surface area contributed by atoms with Gasteiger partial charge in [0.05, 0.1) is 12.6 Å². The molecule has 6 heteroatoms. The summed E-state index contributed by atoms with van der Waals surface area (Å²) in [7, 11) is 1.54. The molecular formula is C16H21FN2O3. The van der Waals surface area contributed by atoms with Crippen molar-refractivity contribution in [2.75, 3.05) is 13.7 Å². The van der Waals surface area contributed by atoms with Crippen LogP contribution >= 0.6 is 0 Å². The Bertz CT molecular complexity index is 674. The van der Waals surface area contributed by atoms with Crippen molar-refractivity contribution in [3.8, 4) is 5.75 Å². The quantitative estimate of drug-likeness (QED) is 0.910. The molecule has 1 aromatic heterocycles. The number of alkyl carbamates (subject to hydrolysis) is 1. The van der Waals surface area contributed by atoms with E-state index in [1.165, 1.54) is 6.07 Å². The maximum atomic E-state index is 13.8. The summed E-state index contributed by atoms with van der Waals surface area (Å²) in [4.78, 5) is 14.5. The number of benzene rings is 1. The van der Waals surface area contributed by atoms with Crippen molar-refractivity contribution >= 4 is 17.0 Å². The number of halogens is 1. The monoisotopic (exact) mass is 308 g/mol. The zero-order chi connectivity index (χ0) is 16.3. The summed E-state index contributed by atoms with van der Waals surface area (Å²) >= 11 is 0. The van der Waals surface area contributed by atoms with Crippen LogP contribution in [-0.2, 0) is 11.2 Å². The number of hydrogen-bond donors (Lipinski definition) is 2. The van der Waals surface area contributed by atoms with Crippen LogP contribution in [0, 0.1) is 5.82 Å². The van der Waals surface area contributed by atoms with E-state index in [1.54, 1.807) is 40.1 Å². The van der Waals surface area contributed by atoms with Crippen molar-refractivity contribution in [1.82, 2.24) is 10.3 Å². The van der Waals surface area contributed by atoms with Crippen LogP contribution < -0.4 is 10.1 Å². The van der Waals surface area contributed by atoms with Crippen molar-refractivity contribution < 1.29 is 18.7 Å². The molecule has 0 saturated heterocycles. The van der Waals surface area contributed by atoms with Crippen LogP contribution in [0.1, 0.15) is 26.3 Å². The SMILES string of the molecule is COc1ccc(F)c2[nH]cc(CCNC(=O)OC(C)(C)C)c12. The first-order chi connectivity index (χ1) is 10.3. The molecule has 0 aliphatic carbocycles. The van der Waals surface area contributed by atoms with Crippen molar-refractivity contribution in [1.29, 1.82) is 0 Å². The zero-order valence-corrected chi connectivity index (χ0v) is 13.2. The third-order valence-corrected chi connectivity index (χ3v) is 3.11. The molecule has 0 saturated carbocycles. The number of carbonyl (C=O) groups excluding carboxylic acids is 1. The third-order valence-electron chi connectivity index (χ3n) is 3.11. The lowest BCUT2D eigenvalue weighted by atomic mass is 10.1. The number of nitrogens with one attached hydrogen (secondary N) is 2. The summed E-state index contributed by atoms with van der Waals surface area (Å²) in [6.07, 6.45) is 1.80. The highest BCUT2D eigenvalue weighted by Crippen LogP contribution is 2.30. The van der Waals surface area contributed by atoms with Crippen LogP contribution in [0.3, 0.4) is 0 Å². The minimum Gasteiger partial charge on any atom is -0.496 e. The molecule has 120 valence electrons. The Morgan fingerprint density at radius 3 is 2.73 bits per heavy atom. The van der Waals surface area contributed by atoms with Crippen LogP contribution in [0.25, 0.3) is 10.9 Å². The molecule has 0 unspecified atom stereocenters. The van der Waals surface area contributed by atoms with E-state index in [-0.39, 0.29) is 5.82 Å². The Hall–Kier alpha value is -2.24. The van der Waals surface area contributed by atoms with Gasteiger partial charge in [0.15, 0.2) is 0 Å². The highest BCUT2D eigenvalue weighted by atomic mass is 19.1. The van der Waals surface area contributed by atoms with Crippen LogP contribution in [0.15, 0.2) is 18.3 Å². The Morgan fingerprint density at radius 1 is 1.36 bits per heavy atom. The van der Waals surface area contributed by atoms with Crippen LogP contribution in [0.4, 0.5) is 9.18 Å². The molecule has 0 radical (unpaired) electrons. The maximum absolute atomic E-state index is 13.8. The smallest absolute Gasteiger partial charge is 0.407 e. The van der Waals surface area contributed by atoms with E-state index >= 15 is 0 Å². The highest BCUT2D eigenvalue weighted by molar-refractivity contribution is 5.89. The van der Waals surface area contributed by atoms with E-state index in [0.29, 0.717) is 29.6 Å². The second-order valence-corrected chi connectivity index (χ2v) is 5.99. The van der Waals surface area contributed by atoms with E-state index in [0.717, 1.165) is 5.56 Å². The van der Waals surface area contributed by atoms with E-state index in [9.17, 15) is 9.18 Å². The number of H-pyrrole nitrogens is 1. The second-order valence-electron chi connectivity index (χ2n) is 5.99. The Morgan fingerprint density at radius 2 is 2.09 bits per heavy atom. The summed E-state index contributed by atoms with van der Waals surface area (Å²) in [5, 5.41) is 3.39. The maximum Gasteiger partial charge on any atom is 0.407 e. The number of fused-ring (bicyclic) bond motifs is 1. The van der Waals surface area contributed by atoms with Crippen molar-refractivity contribution in [3.63, 3.8) is 0 Å². The fourth-order valence-corrected chi connectivity index (χ4v) is 2.23. The number of rotatable bonds is 4. The standard InChI is InChI=1S/C16H21FN2O3/c1-16(2,3)22-15(20)18-8-7-10-9-19-14-11(17)5-6-12(21-4)13(10)14/h5-6,9,19H,7-8H2,1-4H3,(H,18,20). The predicted molar refractivity (Wildman–Crippen MR) is 82.7 cm³/mol. The molecule has 2 aromatic rings.